The van der Waals surface area contributed by atoms with Crippen LogP contribution in [0.15, 0.2) is 30.5 Å². The van der Waals surface area contributed by atoms with E-state index < -0.39 is 5.67 Å². The van der Waals surface area contributed by atoms with Gasteiger partial charge in [0.05, 0.1) is 30.8 Å². The van der Waals surface area contributed by atoms with Gasteiger partial charge in [0.25, 0.3) is 5.91 Å². The summed E-state index contributed by atoms with van der Waals surface area (Å²) in [5, 5.41) is 3.30. The van der Waals surface area contributed by atoms with Crippen LogP contribution in [-0.4, -0.2) is 53.1 Å². The fourth-order valence-corrected chi connectivity index (χ4v) is 3.57. The fraction of sp³-hybridized carbons (Fsp3) is 0.450. The maximum atomic E-state index is 14.1. The smallest absolute Gasteiger partial charge is 0.252 e. The van der Waals surface area contributed by atoms with Gasteiger partial charge in [-0.25, -0.2) is 4.39 Å². The molecule has 1 fully saturated rings. The number of carbonyl (C=O) groups is 2. The van der Waals surface area contributed by atoms with Crippen molar-refractivity contribution in [1.29, 1.82) is 0 Å². The van der Waals surface area contributed by atoms with Gasteiger partial charge in [-0.2, -0.15) is 0 Å². The van der Waals surface area contributed by atoms with Crippen LogP contribution < -0.4 is 10.1 Å². The third-order valence-corrected chi connectivity index (χ3v) is 4.74. The second-order valence-electron chi connectivity index (χ2n) is 7.14. The number of halogens is 1. The van der Waals surface area contributed by atoms with Gasteiger partial charge < -0.3 is 15.0 Å². The first-order chi connectivity index (χ1) is 12.8. The van der Waals surface area contributed by atoms with Gasteiger partial charge >= 0.3 is 0 Å². The molecule has 1 aromatic carbocycles. The Labute approximate surface area is 157 Å². The second-order valence-corrected chi connectivity index (χ2v) is 7.14. The Morgan fingerprint density at radius 2 is 2.19 bits per heavy atom. The third-order valence-electron chi connectivity index (χ3n) is 4.74. The number of pyridine rings is 1. The zero-order valence-corrected chi connectivity index (χ0v) is 15.8. The minimum atomic E-state index is -1.38. The molecule has 0 radical (unpaired) electrons. The van der Waals surface area contributed by atoms with E-state index in [0.29, 0.717) is 35.2 Å². The van der Waals surface area contributed by atoms with Crippen molar-refractivity contribution in [3.63, 3.8) is 0 Å². The van der Waals surface area contributed by atoms with E-state index in [9.17, 15) is 14.0 Å². The Morgan fingerprint density at radius 3 is 2.85 bits per heavy atom. The van der Waals surface area contributed by atoms with E-state index in [1.165, 1.54) is 11.8 Å². The van der Waals surface area contributed by atoms with E-state index in [-0.39, 0.29) is 30.9 Å². The van der Waals surface area contributed by atoms with Gasteiger partial charge in [0.1, 0.15) is 11.4 Å². The number of amides is 2. The molecule has 0 aliphatic carbocycles. The lowest BCUT2D eigenvalue weighted by Gasteiger charge is -2.21. The van der Waals surface area contributed by atoms with Crippen LogP contribution >= 0.6 is 0 Å². The fourth-order valence-electron chi connectivity index (χ4n) is 3.57. The summed E-state index contributed by atoms with van der Waals surface area (Å²) >= 11 is 0. The number of benzene rings is 1. The predicted molar refractivity (Wildman–Crippen MR) is 101 cm³/mol. The molecule has 27 heavy (non-hydrogen) atoms. The highest BCUT2D eigenvalue weighted by Crippen LogP contribution is 2.29. The minimum absolute atomic E-state index is 0.0543. The average Bonchev–Trinajstić information content (AvgIpc) is 2.91. The number of hydrogen-bond acceptors (Lipinski definition) is 4. The molecule has 1 saturated heterocycles. The van der Waals surface area contributed by atoms with E-state index in [1.54, 1.807) is 30.5 Å². The molecular formula is C20H24FN3O3. The first kappa shape index (κ1) is 19.1. The molecule has 0 saturated carbocycles. The number of carbonyl (C=O) groups excluding carboxylic acids is 2. The van der Waals surface area contributed by atoms with E-state index in [0.717, 1.165) is 0 Å². The van der Waals surface area contributed by atoms with E-state index in [2.05, 4.69) is 10.3 Å². The van der Waals surface area contributed by atoms with Gasteiger partial charge in [0, 0.05) is 24.0 Å². The van der Waals surface area contributed by atoms with Gasteiger partial charge in [-0.3, -0.25) is 14.6 Å². The molecule has 0 spiro atoms. The molecule has 6 nitrogen and oxygen atoms in total. The zero-order chi connectivity index (χ0) is 19.6. The van der Waals surface area contributed by atoms with Crippen LogP contribution in [0.4, 0.5) is 4.39 Å². The van der Waals surface area contributed by atoms with Gasteiger partial charge in [0.15, 0.2) is 0 Å². The molecule has 2 aromatic rings. The van der Waals surface area contributed by atoms with Crippen molar-refractivity contribution in [3.8, 4) is 5.75 Å². The Kier molecular flexibility index (Phi) is 5.30. The topological polar surface area (TPSA) is 71.5 Å². The molecule has 7 heteroatoms. The van der Waals surface area contributed by atoms with Crippen molar-refractivity contribution < 1.29 is 18.7 Å². The number of likely N-dealkylation sites (tertiary alicyclic amines) is 1. The Hall–Kier alpha value is -2.70. The summed E-state index contributed by atoms with van der Waals surface area (Å²) in [5.74, 6) is -0.0129. The minimum Gasteiger partial charge on any atom is -0.494 e. The SMILES string of the molecule is CCOc1ccc2nccc(C(=O)NCC(=O)N3CC(C)(F)CC3C)c2c1. The van der Waals surface area contributed by atoms with Crippen molar-refractivity contribution >= 4 is 22.7 Å². The number of rotatable bonds is 5. The third kappa shape index (κ3) is 4.18. The van der Waals surface area contributed by atoms with Crippen LogP contribution in [0.5, 0.6) is 5.75 Å². The number of nitrogens with one attached hydrogen (secondary N) is 1. The molecule has 2 unspecified atom stereocenters. The monoisotopic (exact) mass is 373 g/mol. The summed E-state index contributed by atoms with van der Waals surface area (Å²) in [6.07, 6.45) is 1.86. The van der Waals surface area contributed by atoms with Gasteiger partial charge in [-0.1, -0.05) is 0 Å². The number of alkyl halides is 1. The number of ether oxygens (including phenoxy) is 1. The van der Waals surface area contributed by atoms with Crippen molar-refractivity contribution in [2.24, 2.45) is 0 Å². The van der Waals surface area contributed by atoms with E-state index in [4.69, 9.17) is 4.74 Å². The van der Waals surface area contributed by atoms with Gasteiger partial charge in [0.2, 0.25) is 5.91 Å². The van der Waals surface area contributed by atoms with Crippen LogP contribution in [0.25, 0.3) is 10.9 Å². The largest absolute Gasteiger partial charge is 0.494 e. The number of hydrogen-bond donors (Lipinski definition) is 1. The summed E-state index contributed by atoms with van der Waals surface area (Å²) in [7, 11) is 0. The molecule has 2 heterocycles. The lowest BCUT2D eigenvalue weighted by molar-refractivity contribution is -0.131. The molecule has 1 aliphatic heterocycles. The maximum absolute atomic E-state index is 14.1. The quantitative estimate of drug-likeness (QED) is 0.875. The molecule has 144 valence electrons. The van der Waals surface area contributed by atoms with Crippen LogP contribution in [0.2, 0.25) is 0 Å². The maximum Gasteiger partial charge on any atom is 0.252 e. The first-order valence-electron chi connectivity index (χ1n) is 9.09. The van der Waals surface area contributed by atoms with E-state index in [1.807, 2.05) is 13.8 Å². The molecule has 0 bridgehead atoms. The molecule has 1 N–H and O–H groups in total. The highest BCUT2D eigenvalue weighted by Gasteiger charge is 2.40. The summed E-state index contributed by atoms with van der Waals surface area (Å²) in [4.78, 5) is 30.8. The van der Waals surface area contributed by atoms with Crippen LogP contribution in [-0.2, 0) is 4.79 Å². The lowest BCUT2D eigenvalue weighted by atomic mass is 10.1. The molecule has 3 rings (SSSR count). The van der Waals surface area contributed by atoms with Crippen molar-refractivity contribution in [2.45, 2.75) is 38.9 Å². The average molecular weight is 373 g/mol. The lowest BCUT2D eigenvalue weighted by Crippen LogP contribution is -2.42. The number of aromatic nitrogens is 1. The van der Waals surface area contributed by atoms with Crippen molar-refractivity contribution in [2.75, 3.05) is 19.7 Å². The predicted octanol–water partition coefficient (Wildman–Crippen LogP) is 2.71. The summed E-state index contributed by atoms with van der Waals surface area (Å²) in [6, 6.07) is 6.78. The zero-order valence-electron chi connectivity index (χ0n) is 15.8. The Bertz CT molecular complexity index is 869. The molecule has 2 amide bonds. The molecular weight excluding hydrogens is 349 g/mol. The highest BCUT2D eigenvalue weighted by molar-refractivity contribution is 6.07. The number of nitrogens with zero attached hydrogens (tertiary/aromatic N) is 2. The Balaban J connectivity index is 1.73. The first-order valence-corrected chi connectivity index (χ1v) is 9.09. The standard InChI is InChI=1S/C20H24FN3O3/c1-4-27-14-5-6-17-16(9-14)15(7-8-22-17)19(26)23-11-18(25)24-12-20(3,21)10-13(24)2/h5-9,13H,4,10-12H2,1-3H3,(H,23,26). The molecule has 1 aromatic heterocycles. The Morgan fingerprint density at radius 1 is 1.41 bits per heavy atom. The van der Waals surface area contributed by atoms with Gasteiger partial charge in [-0.15, -0.1) is 0 Å². The summed E-state index contributed by atoms with van der Waals surface area (Å²) in [5.41, 5.74) is -0.297. The molecule has 1 aliphatic rings. The molecule has 2 atom stereocenters. The van der Waals surface area contributed by atoms with Crippen molar-refractivity contribution in [1.82, 2.24) is 15.2 Å². The summed E-state index contributed by atoms with van der Waals surface area (Å²) < 4.78 is 19.6. The summed E-state index contributed by atoms with van der Waals surface area (Å²) in [6.45, 7) is 5.59. The van der Waals surface area contributed by atoms with Crippen LogP contribution in [0, 0.1) is 0 Å². The number of fused-ring (bicyclic) bond motifs is 1. The normalized spacial score (nSPS) is 22.1. The van der Waals surface area contributed by atoms with Crippen LogP contribution in [0.1, 0.15) is 37.6 Å². The van der Waals surface area contributed by atoms with Crippen LogP contribution in [0.3, 0.4) is 0 Å². The second kappa shape index (κ2) is 7.50. The van der Waals surface area contributed by atoms with Gasteiger partial charge in [-0.05, 0) is 45.0 Å². The van der Waals surface area contributed by atoms with E-state index >= 15 is 0 Å². The van der Waals surface area contributed by atoms with Crippen molar-refractivity contribution in [3.05, 3.63) is 36.0 Å². The highest BCUT2D eigenvalue weighted by atomic mass is 19.1.